The van der Waals surface area contributed by atoms with Crippen LogP contribution < -0.4 is 0 Å². The lowest BCUT2D eigenvalue weighted by atomic mass is 9.79. The zero-order valence-corrected chi connectivity index (χ0v) is 16.3. The van der Waals surface area contributed by atoms with Gasteiger partial charge in [0, 0.05) is 11.5 Å². The molecule has 7 heteroatoms. The van der Waals surface area contributed by atoms with E-state index in [0.29, 0.717) is 11.8 Å². The van der Waals surface area contributed by atoms with Crippen LogP contribution in [0.2, 0.25) is 0 Å². The molecule has 1 saturated heterocycles. The summed E-state index contributed by atoms with van der Waals surface area (Å²) in [5, 5.41) is 0. The van der Waals surface area contributed by atoms with Gasteiger partial charge in [0.2, 0.25) is 6.29 Å². The Morgan fingerprint density at radius 1 is 0.885 bits per heavy atom. The van der Waals surface area contributed by atoms with Crippen molar-refractivity contribution < 1.29 is 33.3 Å². The quantitative estimate of drug-likeness (QED) is 0.281. The predicted molar refractivity (Wildman–Crippen MR) is 93.9 cm³/mol. The lowest BCUT2D eigenvalue weighted by Gasteiger charge is -2.41. The second-order valence-corrected chi connectivity index (χ2v) is 6.91. The van der Waals surface area contributed by atoms with Crippen molar-refractivity contribution in [2.45, 2.75) is 59.9 Å². The lowest BCUT2D eigenvalue weighted by Crippen LogP contribution is -2.45. The van der Waals surface area contributed by atoms with Gasteiger partial charge in [-0.3, -0.25) is 9.59 Å². The molecular weight excluding hydrogens is 340 g/mol. The molecular formula is C19H30O7. The summed E-state index contributed by atoms with van der Waals surface area (Å²) in [7, 11) is 0. The van der Waals surface area contributed by atoms with Gasteiger partial charge in [0.25, 0.3) is 0 Å². The van der Waals surface area contributed by atoms with Gasteiger partial charge in [-0.15, -0.1) is 0 Å². The summed E-state index contributed by atoms with van der Waals surface area (Å²) in [6, 6.07) is 0. The highest BCUT2D eigenvalue weighted by atomic mass is 16.7. The highest BCUT2D eigenvalue weighted by Crippen LogP contribution is 2.35. The number of hydrogen-bond donors (Lipinski definition) is 0. The van der Waals surface area contributed by atoms with Crippen LogP contribution in [0.1, 0.15) is 47.5 Å². The minimum atomic E-state index is -0.596. The Morgan fingerprint density at radius 2 is 1.46 bits per heavy atom. The van der Waals surface area contributed by atoms with Crippen molar-refractivity contribution in [1.82, 2.24) is 0 Å². The van der Waals surface area contributed by atoms with E-state index in [4.69, 9.17) is 18.9 Å². The van der Waals surface area contributed by atoms with Crippen LogP contribution in [0.15, 0.2) is 12.2 Å². The van der Waals surface area contributed by atoms with Gasteiger partial charge in [0.15, 0.2) is 0 Å². The SMILES string of the molecule is C=C(C)C(=O)OCCOC(=O)CCC(=O)O[C@H]1O[C@@H](C)C(C)[C@H](C)[C@@H]1C. The largest absolute Gasteiger partial charge is 0.462 e. The molecule has 0 aromatic rings. The Balaban J connectivity index is 2.26. The summed E-state index contributed by atoms with van der Waals surface area (Å²) in [5.41, 5.74) is 0.274. The summed E-state index contributed by atoms with van der Waals surface area (Å²) in [6.45, 7) is 13.0. The van der Waals surface area contributed by atoms with Crippen molar-refractivity contribution in [2.75, 3.05) is 13.2 Å². The van der Waals surface area contributed by atoms with Gasteiger partial charge in [-0.2, -0.15) is 0 Å². The Morgan fingerprint density at radius 3 is 2.08 bits per heavy atom. The second-order valence-electron chi connectivity index (χ2n) is 6.91. The van der Waals surface area contributed by atoms with Crippen molar-refractivity contribution in [3.63, 3.8) is 0 Å². The Hall–Kier alpha value is -1.89. The van der Waals surface area contributed by atoms with E-state index >= 15 is 0 Å². The molecule has 0 amide bonds. The van der Waals surface area contributed by atoms with Gasteiger partial charge in [-0.05, 0) is 25.7 Å². The minimum Gasteiger partial charge on any atom is -0.462 e. The molecule has 0 N–H and O–H groups in total. The van der Waals surface area contributed by atoms with Crippen LogP contribution in [0.5, 0.6) is 0 Å². The van der Waals surface area contributed by atoms with E-state index in [9.17, 15) is 14.4 Å². The van der Waals surface area contributed by atoms with Gasteiger partial charge < -0.3 is 18.9 Å². The molecule has 1 heterocycles. The summed E-state index contributed by atoms with van der Waals surface area (Å²) in [6.07, 6.45) is -0.780. The molecule has 0 bridgehead atoms. The van der Waals surface area contributed by atoms with E-state index in [1.807, 2.05) is 13.8 Å². The zero-order valence-electron chi connectivity index (χ0n) is 16.3. The van der Waals surface area contributed by atoms with E-state index in [1.54, 1.807) is 0 Å². The topological polar surface area (TPSA) is 88.1 Å². The van der Waals surface area contributed by atoms with Crippen molar-refractivity contribution in [3.05, 3.63) is 12.2 Å². The number of hydrogen-bond acceptors (Lipinski definition) is 7. The van der Waals surface area contributed by atoms with Crippen LogP contribution in [-0.2, 0) is 33.3 Å². The smallest absolute Gasteiger partial charge is 0.333 e. The number of rotatable bonds is 8. The van der Waals surface area contributed by atoms with Gasteiger partial charge in [0.1, 0.15) is 13.2 Å². The third-order valence-corrected chi connectivity index (χ3v) is 4.89. The molecule has 1 aliphatic rings. The minimum absolute atomic E-state index is 0.00544. The lowest BCUT2D eigenvalue weighted by molar-refractivity contribution is -0.238. The number of carbonyl (C=O) groups excluding carboxylic acids is 3. The van der Waals surface area contributed by atoms with E-state index in [1.165, 1.54) is 6.92 Å². The van der Waals surface area contributed by atoms with Crippen molar-refractivity contribution >= 4 is 17.9 Å². The molecule has 0 spiro atoms. The Labute approximate surface area is 155 Å². The first-order valence-corrected chi connectivity index (χ1v) is 8.96. The average Bonchev–Trinajstić information content (AvgIpc) is 2.59. The summed E-state index contributed by atoms with van der Waals surface area (Å²) < 4.78 is 20.8. The normalized spacial score (nSPS) is 28.1. The number of esters is 3. The first-order valence-electron chi connectivity index (χ1n) is 8.96. The predicted octanol–water partition coefficient (Wildman–Crippen LogP) is 2.63. The molecule has 0 radical (unpaired) electrons. The van der Waals surface area contributed by atoms with Crippen molar-refractivity contribution in [2.24, 2.45) is 17.8 Å². The molecule has 1 rings (SSSR count). The monoisotopic (exact) mass is 370 g/mol. The molecule has 0 aromatic heterocycles. The molecule has 0 aliphatic carbocycles. The molecule has 7 nitrogen and oxygen atoms in total. The van der Waals surface area contributed by atoms with Crippen LogP contribution in [0.3, 0.4) is 0 Å². The first-order chi connectivity index (χ1) is 12.1. The van der Waals surface area contributed by atoms with Gasteiger partial charge >= 0.3 is 17.9 Å². The fraction of sp³-hybridized carbons (Fsp3) is 0.737. The van der Waals surface area contributed by atoms with Crippen LogP contribution in [0.4, 0.5) is 0 Å². The molecule has 26 heavy (non-hydrogen) atoms. The van der Waals surface area contributed by atoms with Crippen molar-refractivity contribution in [1.29, 1.82) is 0 Å². The maximum absolute atomic E-state index is 12.0. The fourth-order valence-electron chi connectivity index (χ4n) is 2.63. The maximum Gasteiger partial charge on any atom is 0.333 e. The molecule has 1 fully saturated rings. The third-order valence-electron chi connectivity index (χ3n) is 4.89. The third kappa shape index (κ3) is 6.78. The van der Waals surface area contributed by atoms with Crippen LogP contribution in [0, 0.1) is 17.8 Å². The highest BCUT2D eigenvalue weighted by molar-refractivity contribution is 5.86. The van der Waals surface area contributed by atoms with E-state index in [0.717, 1.165) is 0 Å². The summed E-state index contributed by atoms with van der Waals surface area (Å²) in [5.74, 6) is -0.760. The van der Waals surface area contributed by atoms with E-state index in [-0.39, 0.29) is 43.7 Å². The fourth-order valence-corrected chi connectivity index (χ4v) is 2.63. The average molecular weight is 370 g/mol. The molecule has 5 atom stereocenters. The standard InChI is InChI=1S/C19H30O7/c1-11(2)18(22)24-10-9-23-16(20)7-8-17(21)26-19-14(5)12(3)13(4)15(6)25-19/h12-15,19H,1,7-10H2,2-6H3/t12-,13?,14-,15-,19+/m0/s1. The molecule has 0 aromatic carbocycles. The first kappa shape index (κ1) is 22.2. The Bertz CT molecular complexity index is 528. The molecule has 1 unspecified atom stereocenters. The van der Waals surface area contributed by atoms with Crippen molar-refractivity contribution in [3.8, 4) is 0 Å². The summed E-state index contributed by atoms with van der Waals surface area (Å²) >= 11 is 0. The number of ether oxygens (including phenoxy) is 4. The number of carbonyl (C=O) groups is 3. The molecule has 1 aliphatic heterocycles. The molecule has 0 saturated carbocycles. The van der Waals surface area contributed by atoms with E-state index < -0.39 is 24.2 Å². The van der Waals surface area contributed by atoms with Gasteiger partial charge in [-0.1, -0.05) is 27.4 Å². The highest BCUT2D eigenvalue weighted by Gasteiger charge is 2.39. The zero-order chi connectivity index (χ0) is 19.9. The second kappa shape index (κ2) is 10.3. The molecule has 148 valence electrons. The van der Waals surface area contributed by atoms with Crippen LogP contribution in [-0.4, -0.2) is 43.5 Å². The van der Waals surface area contributed by atoms with Gasteiger partial charge in [-0.25, -0.2) is 4.79 Å². The van der Waals surface area contributed by atoms with Crippen LogP contribution in [0.25, 0.3) is 0 Å². The Kier molecular flexibility index (Phi) is 8.78. The van der Waals surface area contributed by atoms with Gasteiger partial charge in [0.05, 0.1) is 18.9 Å². The summed E-state index contributed by atoms with van der Waals surface area (Å²) in [4.78, 5) is 34.7. The van der Waals surface area contributed by atoms with E-state index in [2.05, 4.69) is 20.4 Å². The maximum atomic E-state index is 12.0. The van der Waals surface area contributed by atoms with Crippen LogP contribution >= 0.6 is 0 Å².